The first kappa shape index (κ1) is 13.3. The van der Waals surface area contributed by atoms with Crippen LogP contribution in [-0.4, -0.2) is 32.9 Å². The first-order chi connectivity index (χ1) is 9.90. The Morgan fingerprint density at radius 3 is 3.15 bits per heavy atom. The lowest BCUT2D eigenvalue weighted by atomic mass is 10.2. The molecule has 2 aromatic rings. The van der Waals surface area contributed by atoms with E-state index in [9.17, 15) is 0 Å². The van der Waals surface area contributed by atoms with E-state index in [0.717, 1.165) is 55.7 Å². The highest BCUT2D eigenvalue weighted by atomic mass is 16.5. The van der Waals surface area contributed by atoms with Crippen LogP contribution in [0.2, 0.25) is 0 Å². The molecule has 0 unspecified atom stereocenters. The Morgan fingerprint density at radius 1 is 1.40 bits per heavy atom. The van der Waals surface area contributed by atoms with Crippen LogP contribution >= 0.6 is 0 Å². The van der Waals surface area contributed by atoms with Crippen LogP contribution in [0.5, 0.6) is 0 Å². The van der Waals surface area contributed by atoms with Gasteiger partial charge >= 0.3 is 0 Å². The number of nitrogens with one attached hydrogen (secondary N) is 1. The second kappa shape index (κ2) is 6.17. The Hall–Kier alpha value is -1.69. The SMILES string of the molecule is CCCCNc1ncnc2c1cnn2[C@H]1CCCCO1. The lowest BCUT2D eigenvalue weighted by Gasteiger charge is -2.22. The lowest BCUT2D eigenvalue weighted by Crippen LogP contribution is -2.19. The highest BCUT2D eigenvalue weighted by Crippen LogP contribution is 2.27. The predicted octanol–water partition coefficient (Wildman–Crippen LogP) is 2.74. The smallest absolute Gasteiger partial charge is 0.165 e. The third kappa shape index (κ3) is 2.60. The number of rotatable bonds is 5. The van der Waals surface area contributed by atoms with Gasteiger partial charge in [0, 0.05) is 13.2 Å². The van der Waals surface area contributed by atoms with Crippen LogP contribution in [-0.2, 0) is 4.74 Å². The zero-order chi connectivity index (χ0) is 13.8. The van der Waals surface area contributed by atoms with Crippen molar-refractivity contribution in [1.29, 1.82) is 0 Å². The lowest BCUT2D eigenvalue weighted by molar-refractivity contribution is -0.0370. The van der Waals surface area contributed by atoms with E-state index in [0.29, 0.717) is 0 Å². The van der Waals surface area contributed by atoms with Crippen molar-refractivity contribution >= 4 is 16.9 Å². The molecule has 6 heteroatoms. The van der Waals surface area contributed by atoms with Gasteiger partial charge in [0.05, 0.1) is 11.6 Å². The largest absolute Gasteiger partial charge is 0.369 e. The molecule has 20 heavy (non-hydrogen) atoms. The van der Waals surface area contributed by atoms with Crippen LogP contribution in [0.4, 0.5) is 5.82 Å². The summed E-state index contributed by atoms with van der Waals surface area (Å²) in [6.45, 7) is 3.90. The molecule has 1 saturated heterocycles. The molecule has 0 bridgehead atoms. The monoisotopic (exact) mass is 275 g/mol. The number of hydrogen-bond acceptors (Lipinski definition) is 5. The van der Waals surface area contributed by atoms with Gasteiger partial charge in [0.2, 0.25) is 0 Å². The highest BCUT2D eigenvalue weighted by Gasteiger charge is 2.20. The van der Waals surface area contributed by atoms with E-state index < -0.39 is 0 Å². The average molecular weight is 275 g/mol. The molecule has 1 aliphatic heterocycles. The maximum absolute atomic E-state index is 5.79. The van der Waals surface area contributed by atoms with Gasteiger partial charge < -0.3 is 10.1 Å². The fourth-order valence-electron chi connectivity index (χ4n) is 2.51. The number of fused-ring (bicyclic) bond motifs is 1. The molecule has 108 valence electrons. The summed E-state index contributed by atoms with van der Waals surface area (Å²) in [5.41, 5.74) is 0.853. The van der Waals surface area contributed by atoms with Gasteiger partial charge in [0.15, 0.2) is 11.9 Å². The fourth-order valence-corrected chi connectivity index (χ4v) is 2.51. The molecule has 6 nitrogen and oxygen atoms in total. The fraction of sp³-hybridized carbons (Fsp3) is 0.643. The van der Waals surface area contributed by atoms with Crippen molar-refractivity contribution in [3.8, 4) is 0 Å². The molecule has 0 saturated carbocycles. The first-order valence-corrected chi connectivity index (χ1v) is 7.44. The van der Waals surface area contributed by atoms with E-state index in [1.807, 2.05) is 10.9 Å². The average Bonchev–Trinajstić information content (AvgIpc) is 2.93. The quantitative estimate of drug-likeness (QED) is 0.850. The minimum absolute atomic E-state index is 0.0136. The van der Waals surface area contributed by atoms with Crippen molar-refractivity contribution in [2.75, 3.05) is 18.5 Å². The van der Waals surface area contributed by atoms with Crippen molar-refractivity contribution < 1.29 is 4.74 Å². The Balaban J connectivity index is 1.86. The number of aromatic nitrogens is 4. The van der Waals surface area contributed by atoms with Crippen LogP contribution in [0.1, 0.15) is 45.3 Å². The third-order valence-corrected chi connectivity index (χ3v) is 3.64. The molecule has 0 spiro atoms. The Labute approximate surface area is 118 Å². The van der Waals surface area contributed by atoms with Crippen molar-refractivity contribution in [2.24, 2.45) is 0 Å². The van der Waals surface area contributed by atoms with E-state index in [-0.39, 0.29) is 6.23 Å². The normalized spacial score (nSPS) is 19.4. The maximum atomic E-state index is 5.79. The van der Waals surface area contributed by atoms with Gasteiger partial charge in [-0.15, -0.1) is 0 Å². The van der Waals surface area contributed by atoms with E-state index >= 15 is 0 Å². The van der Waals surface area contributed by atoms with Gasteiger partial charge in [-0.25, -0.2) is 14.6 Å². The van der Waals surface area contributed by atoms with Crippen LogP contribution in [0.25, 0.3) is 11.0 Å². The zero-order valence-corrected chi connectivity index (χ0v) is 11.9. The summed E-state index contributed by atoms with van der Waals surface area (Å²) in [4.78, 5) is 8.70. The van der Waals surface area contributed by atoms with Gasteiger partial charge in [-0.2, -0.15) is 5.10 Å². The summed E-state index contributed by atoms with van der Waals surface area (Å²) in [7, 11) is 0. The van der Waals surface area contributed by atoms with Crippen LogP contribution < -0.4 is 5.32 Å². The standard InChI is InChI=1S/C14H21N5O/c1-2-3-7-15-13-11-9-18-19(14(11)17-10-16-13)12-6-4-5-8-20-12/h9-10,12H,2-8H2,1H3,(H,15,16,17)/t12-/m1/s1. The van der Waals surface area contributed by atoms with Crippen LogP contribution in [0.3, 0.4) is 0 Å². The van der Waals surface area contributed by atoms with Crippen LogP contribution in [0.15, 0.2) is 12.5 Å². The zero-order valence-electron chi connectivity index (χ0n) is 11.9. The Kier molecular flexibility index (Phi) is 4.11. The minimum atomic E-state index is 0.0136. The first-order valence-electron chi connectivity index (χ1n) is 7.44. The van der Waals surface area contributed by atoms with Crippen molar-refractivity contribution in [3.63, 3.8) is 0 Å². The second-order valence-corrected chi connectivity index (χ2v) is 5.15. The molecule has 0 amide bonds. The van der Waals surface area contributed by atoms with Gasteiger partial charge in [-0.3, -0.25) is 0 Å². The number of hydrogen-bond donors (Lipinski definition) is 1. The van der Waals surface area contributed by atoms with Crippen molar-refractivity contribution in [3.05, 3.63) is 12.5 Å². The molecule has 0 aliphatic carbocycles. The summed E-state index contributed by atoms with van der Waals surface area (Å²) >= 11 is 0. The molecule has 2 aromatic heterocycles. The Morgan fingerprint density at radius 2 is 2.35 bits per heavy atom. The molecule has 0 radical (unpaired) electrons. The summed E-state index contributed by atoms with van der Waals surface area (Å²) < 4.78 is 7.68. The minimum Gasteiger partial charge on any atom is -0.369 e. The summed E-state index contributed by atoms with van der Waals surface area (Å²) in [6.07, 6.45) is 9.05. The van der Waals surface area contributed by atoms with Gasteiger partial charge in [-0.1, -0.05) is 13.3 Å². The van der Waals surface area contributed by atoms with Gasteiger partial charge in [0.1, 0.15) is 12.1 Å². The number of anilines is 1. The van der Waals surface area contributed by atoms with Crippen molar-refractivity contribution in [1.82, 2.24) is 19.7 Å². The summed E-state index contributed by atoms with van der Waals surface area (Å²) in [5.74, 6) is 0.866. The topological polar surface area (TPSA) is 64.9 Å². The molecule has 3 heterocycles. The molecular weight excluding hydrogens is 254 g/mol. The number of ether oxygens (including phenoxy) is 1. The molecule has 3 rings (SSSR count). The molecule has 1 atom stereocenters. The van der Waals surface area contributed by atoms with Gasteiger partial charge in [0.25, 0.3) is 0 Å². The maximum Gasteiger partial charge on any atom is 0.165 e. The Bertz CT molecular complexity index is 562. The number of nitrogens with zero attached hydrogens (tertiary/aromatic N) is 4. The van der Waals surface area contributed by atoms with E-state index in [1.165, 1.54) is 6.42 Å². The molecule has 0 aromatic carbocycles. The molecular formula is C14H21N5O. The number of unbranched alkanes of at least 4 members (excludes halogenated alkanes) is 1. The summed E-state index contributed by atoms with van der Waals surface area (Å²) in [6, 6.07) is 0. The van der Waals surface area contributed by atoms with Crippen molar-refractivity contribution in [2.45, 2.75) is 45.3 Å². The van der Waals surface area contributed by atoms with E-state index in [2.05, 4.69) is 27.3 Å². The highest BCUT2D eigenvalue weighted by molar-refractivity contribution is 5.86. The van der Waals surface area contributed by atoms with Crippen LogP contribution in [0, 0.1) is 0 Å². The van der Waals surface area contributed by atoms with Gasteiger partial charge in [-0.05, 0) is 25.7 Å². The van der Waals surface area contributed by atoms with E-state index in [1.54, 1.807) is 6.33 Å². The molecule has 1 fully saturated rings. The van der Waals surface area contributed by atoms with E-state index in [4.69, 9.17) is 4.74 Å². The molecule has 1 aliphatic rings. The molecule has 1 N–H and O–H groups in total. The third-order valence-electron chi connectivity index (χ3n) is 3.64. The predicted molar refractivity (Wildman–Crippen MR) is 77.6 cm³/mol. The summed E-state index contributed by atoms with van der Waals surface area (Å²) in [5, 5.41) is 8.79. The second-order valence-electron chi connectivity index (χ2n) is 5.15.